The molecular formula is C15H16ClF3N4O. The molecular weight excluding hydrogens is 345 g/mol. The molecule has 0 aliphatic rings. The maximum atomic E-state index is 13.1. The average molecular weight is 361 g/mol. The normalized spacial score (nSPS) is 11.4. The Morgan fingerprint density at radius 2 is 1.96 bits per heavy atom. The van der Waals surface area contributed by atoms with Crippen molar-refractivity contribution in [3.05, 3.63) is 40.5 Å². The number of anilines is 3. The molecule has 24 heavy (non-hydrogen) atoms. The fourth-order valence-electron chi connectivity index (χ4n) is 1.97. The average Bonchev–Trinajstić information content (AvgIpc) is 2.48. The maximum absolute atomic E-state index is 13.1. The fourth-order valence-corrected chi connectivity index (χ4v) is 2.15. The summed E-state index contributed by atoms with van der Waals surface area (Å²) in [7, 11) is 1.56. The zero-order valence-corrected chi connectivity index (χ0v) is 13.8. The van der Waals surface area contributed by atoms with Gasteiger partial charge in [0.1, 0.15) is 5.82 Å². The van der Waals surface area contributed by atoms with E-state index in [0.717, 1.165) is 6.07 Å². The summed E-state index contributed by atoms with van der Waals surface area (Å²) in [5.41, 5.74) is -0.386. The highest BCUT2D eigenvalue weighted by molar-refractivity contribution is 6.30. The molecule has 0 bridgehead atoms. The highest BCUT2D eigenvalue weighted by Gasteiger charge is 2.34. The van der Waals surface area contributed by atoms with E-state index in [2.05, 4.69) is 20.6 Å². The van der Waals surface area contributed by atoms with E-state index in [-0.39, 0.29) is 16.5 Å². The molecule has 130 valence electrons. The van der Waals surface area contributed by atoms with Crippen molar-refractivity contribution in [1.29, 1.82) is 0 Å². The summed E-state index contributed by atoms with van der Waals surface area (Å²) < 4.78 is 44.3. The zero-order chi connectivity index (χ0) is 17.7. The van der Waals surface area contributed by atoms with E-state index in [0.29, 0.717) is 24.8 Å². The summed E-state index contributed by atoms with van der Waals surface area (Å²) in [6, 6.07) is 5.07. The predicted molar refractivity (Wildman–Crippen MR) is 86.9 cm³/mol. The SMILES string of the molecule is COCCNc1nc(C)cc(Nc2ccc(Cl)cc2C(F)(F)F)n1. The number of rotatable bonds is 6. The van der Waals surface area contributed by atoms with Gasteiger partial charge < -0.3 is 15.4 Å². The number of halogens is 4. The monoisotopic (exact) mass is 360 g/mol. The number of benzene rings is 1. The molecule has 2 N–H and O–H groups in total. The van der Waals surface area contributed by atoms with Crippen LogP contribution in [-0.2, 0) is 10.9 Å². The quantitative estimate of drug-likeness (QED) is 0.754. The van der Waals surface area contributed by atoms with Crippen LogP contribution in [0, 0.1) is 6.92 Å². The lowest BCUT2D eigenvalue weighted by atomic mass is 10.1. The Labute approximate surface area is 142 Å². The molecule has 0 aliphatic carbocycles. The van der Waals surface area contributed by atoms with E-state index < -0.39 is 11.7 Å². The van der Waals surface area contributed by atoms with Gasteiger partial charge in [0.25, 0.3) is 0 Å². The van der Waals surface area contributed by atoms with E-state index in [9.17, 15) is 13.2 Å². The number of aromatic nitrogens is 2. The van der Waals surface area contributed by atoms with Crippen molar-refractivity contribution in [2.45, 2.75) is 13.1 Å². The van der Waals surface area contributed by atoms with Gasteiger partial charge in [-0.2, -0.15) is 18.2 Å². The molecule has 1 heterocycles. The van der Waals surface area contributed by atoms with Crippen LogP contribution >= 0.6 is 11.6 Å². The summed E-state index contributed by atoms with van der Waals surface area (Å²) >= 11 is 5.67. The van der Waals surface area contributed by atoms with Crippen LogP contribution in [0.5, 0.6) is 0 Å². The minimum absolute atomic E-state index is 0.00802. The molecule has 0 fully saturated rings. The lowest BCUT2D eigenvalue weighted by Gasteiger charge is -2.15. The van der Waals surface area contributed by atoms with Crippen molar-refractivity contribution in [2.24, 2.45) is 0 Å². The first kappa shape index (κ1) is 18.3. The predicted octanol–water partition coefficient (Wildman–Crippen LogP) is 4.26. The summed E-state index contributed by atoms with van der Waals surface area (Å²) in [6.07, 6.45) is -4.53. The zero-order valence-electron chi connectivity index (χ0n) is 13.0. The molecule has 0 saturated carbocycles. The Morgan fingerprint density at radius 1 is 1.21 bits per heavy atom. The third-order valence-corrected chi connectivity index (χ3v) is 3.23. The maximum Gasteiger partial charge on any atom is 0.418 e. The van der Waals surface area contributed by atoms with Crippen molar-refractivity contribution >= 4 is 29.1 Å². The Balaban J connectivity index is 2.28. The molecule has 0 radical (unpaired) electrons. The Bertz CT molecular complexity index is 710. The van der Waals surface area contributed by atoms with Gasteiger partial charge in [-0.15, -0.1) is 0 Å². The van der Waals surface area contributed by atoms with E-state index in [1.807, 2.05) is 0 Å². The number of nitrogens with one attached hydrogen (secondary N) is 2. The van der Waals surface area contributed by atoms with Gasteiger partial charge in [0.2, 0.25) is 5.95 Å². The van der Waals surface area contributed by atoms with E-state index in [1.165, 1.54) is 12.1 Å². The molecule has 0 spiro atoms. The molecule has 5 nitrogen and oxygen atoms in total. The first-order valence-corrected chi connectivity index (χ1v) is 7.39. The van der Waals surface area contributed by atoms with Crippen molar-refractivity contribution in [3.8, 4) is 0 Å². The minimum Gasteiger partial charge on any atom is -0.383 e. The van der Waals surface area contributed by atoms with Crippen LogP contribution in [0.25, 0.3) is 0 Å². The van der Waals surface area contributed by atoms with Crippen LogP contribution in [0.2, 0.25) is 5.02 Å². The number of hydrogen-bond donors (Lipinski definition) is 2. The Hall–Kier alpha value is -2.06. The first-order chi connectivity index (χ1) is 11.3. The lowest BCUT2D eigenvalue weighted by molar-refractivity contribution is -0.136. The number of nitrogens with zero attached hydrogens (tertiary/aromatic N) is 2. The third kappa shape index (κ3) is 4.97. The van der Waals surface area contributed by atoms with Gasteiger partial charge in [0.15, 0.2) is 0 Å². The Kier molecular flexibility index (Phi) is 5.84. The smallest absolute Gasteiger partial charge is 0.383 e. The highest BCUT2D eigenvalue weighted by atomic mass is 35.5. The van der Waals surface area contributed by atoms with Crippen LogP contribution in [0.1, 0.15) is 11.3 Å². The highest BCUT2D eigenvalue weighted by Crippen LogP contribution is 2.37. The van der Waals surface area contributed by atoms with Gasteiger partial charge in [-0.1, -0.05) is 11.6 Å². The molecule has 0 atom stereocenters. The largest absolute Gasteiger partial charge is 0.418 e. The topological polar surface area (TPSA) is 59.1 Å². The second-order valence-corrected chi connectivity index (χ2v) is 5.39. The Morgan fingerprint density at radius 3 is 2.62 bits per heavy atom. The second-order valence-electron chi connectivity index (χ2n) is 4.95. The summed E-state index contributed by atoms with van der Waals surface area (Å²) in [6.45, 7) is 2.66. The molecule has 1 aromatic heterocycles. The molecule has 0 saturated heterocycles. The fraction of sp³-hybridized carbons (Fsp3) is 0.333. The lowest BCUT2D eigenvalue weighted by Crippen LogP contribution is -2.12. The van der Waals surface area contributed by atoms with Crippen LogP contribution in [0.4, 0.5) is 30.6 Å². The first-order valence-electron chi connectivity index (χ1n) is 7.02. The number of alkyl halides is 3. The van der Waals surface area contributed by atoms with Gasteiger partial charge in [0, 0.05) is 30.4 Å². The molecule has 0 aliphatic heterocycles. The van der Waals surface area contributed by atoms with E-state index in [1.54, 1.807) is 20.1 Å². The second kappa shape index (κ2) is 7.67. The van der Waals surface area contributed by atoms with Gasteiger partial charge in [-0.25, -0.2) is 4.98 Å². The molecule has 2 aromatic rings. The van der Waals surface area contributed by atoms with Crippen LogP contribution in [0.15, 0.2) is 24.3 Å². The molecule has 2 rings (SSSR count). The van der Waals surface area contributed by atoms with Gasteiger partial charge >= 0.3 is 6.18 Å². The summed E-state index contributed by atoms with van der Waals surface area (Å²) in [5.74, 6) is 0.548. The van der Waals surface area contributed by atoms with Crippen molar-refractivity contribution < 1.29 is 17.9 Å². The molecule has 9 heteroatoms. The standard InChI is InChI=1S/C15H16ClF3N4O/c1-9-7-13(23-14(21-9)20-5-6-24-2)22-12-4-3-10(16)8-11(12)15(17,18)19/h3-4,7-8H,5-6H2,1-2H3,(H2,20,21,22,23). The van der Waals surface area contributed by atoms with Gasteiger partial charge in [-0.3, -0.25) is 0 Å². The van der Waals surface area contributed by atoms with Crippen molar-refractivity contribution in [2.75, 3.05) is 30.9 Å². The summed E-state index contributed by atoms with van der Waals surface area (Å²) in [4.78, 5) is 8.33. The summed E-state index contributed by atoms with van der Waals surface area (Å²) in [5, 5.41) is 5.62. The number of aryl methyl sites for hydroxylation is 1. The van der Waals surface area contributed by atoms with Gasteiger partial charge in [0.05, 0.1) is 17.9 Å². The van der Waals surface area contributed by atoms with Crippen LogP contribution in [-0.4, -0.2) is 30.2 Å². The molecule has 0 unspecified atom stereocenters. The van der Waals surface area contributed by atoms with E-state index >= 15 is 0 Å². The number of hydrogen-bond acceptors (Lipinski definition) is 5. The van der Waals surface area contributed by atoms with Crippen LogP contribution < -0.4 is 10.6 Å². The molecule has 1 aromatic carbocycles. The number of ether oxygens (including phenoxy) is 1. The van der Waals surface area contributed by atoms with E-state index in [4.69, 9.17) is 16.3 Å². The molecule has 0 amide bonds. The van der Waals surface area contributed by atoms with Crippen molar-refractivity contribution in [1.82, 2.24) is 9.97 Å². The van der Waals surface area contributed by atoms with Gasteiger partial charge in [-0.05, 0) is 25.1 Å². The van der Waals surface area contributed by atoms with Crippen LogP contribution in [0.3, 0.4) is 0 Å². The minimum atomic E-state index is -4.53. The van der Waals surface area contributed by atoms with Crippen molar-refractivity contribution in [3.63, 3.8) is 0 Å². The third-order valence-electron chi connectivity index (χ3n) is 2.99. The number of methoxy groups -OCH3 is 1.